The Hall–Kier alpha value is -1.55. The summed E-state index contributed by atoms with van der Waals surface area (Å²) in [6, 6.07) is 8.51. The van der Waals surface area contributed by atoms with E-state index in [0.29, 0.717) is 18.5 Å². The normalized spacial score (nSPS) is 22.4. The van der Waals surface area contributed by atoms with Gasteiger partial charge in [0.25, 0.3) is 0 Å². The lowest BCUT2D eigenvalue weighted by Crippen LogP contribution is -2.56. The number of benzene rings is 1. The predicted octanol–water partition coefficient (Wildman–Crippen LogP) is 2.23. The summed E-state index contributed by atoms with van der Waals surface area (Å²) in [6.45, 7) is 9.78. The van der Waals surface area contributed by atoms with E-state index >= 15 is 0 Å². The highest BCUT2D eigenvalue weighted by atomic mass is 16.5. The molecule has 0 spiro atoms. The van der Waals surface area contributed by atoms with Gasteiger partial charge in [-0.1, -0.05) is 18.2 Å². The van der Waals surface area contributed by atoms with E-state index in [2.05, 4.69) is 19.2 Å². The molecule has 21 heavy (non-hydrogen) atoms. The van der Waals surface area contributed by atoms with E-state index < -0.39 is 0 Å². The number of nitrogens with zero attached hydrogens (tertiary/aromatic N) is 1. The van der Waals surface area contributed by atoms with Gasteiger partial charge >= 0.3 is 0 Å². The molecule has 1 aromatic rings. The molecule has 1 saturated heterocycles. The van der Waals surface area contributed by atoms with Crippen LogP contribution >= 0.6 is 0 Å². The van der Waals surface area contributed by atoms with Gasteiger partial charge < -0.3 is 15.0 Å². The minimum atomic E-state index is 0.112. The number of hydrogen-bond acceptors (Lipinski definition) is 3. The third-order valence-corrected chi connectivity index (χ3v) is 3.59. The molecule has 1 N–H and O–H groups in total. The van der Waals surface area contributed by atoms with Gasteiger partial charge in [-0.05, 0) is 33.8 Å². The number of carbonyl (C=O) groups excluding carboxylic acids is 1. The fourth-order valence-corrected chi connectivity index (χ4v) is 2.82. The Morgan fingerprint density at radius 3 is 2.52 bits per heavy atom. The molecule has 0 saturated carbocycles. The van der Waals surface area contributed by atoms with E-state index in [1.165, 1.54) is 0 Å². The van der Waals surface area contributed by atoms with Gasteiger partial charge in [0, 0.05) is 30.7 Å². The average molecular weight is 290 g/mol. The average Bonchev–Trinajstić information content (AvgIpc) is 2.39. The zero-order valence-electron chi connectivity index (χ0n) is 13.4. The fraction of sp³-hybridized carbons (Fsp3) is 0.588. The number of nitrogens with one attached hydrogen (secondary N) is 1. The van der Waals surface area contributed by atoms with Crippen LogP contribution in [0.5, 0.6) is 5.75 Å². The molecule has 4 heteroatoms. The zero-order chi connectivity index (χ0) is 15.4. The highest BCUT2D eigenvalue weighted by Crippen LogP contribution is 2.21. The molecule has 2 atom stereocenters. The quantitative estimate of drug-likeness (QED) is 0.924. The second-order valence-electron chi connectivity index (χ2n) is 6.22. The van der Waals surface area contributed by atoms with Gasteiger partial charge in [-0.15, -0.1) is 0 Å². The summed E-state index contributed by atoms with van der Waals surface area (Å²) in [6.07, 6.45) is 0.517. The third-order valence-electron chi connectivity index (χ3n) is 3.59. The highest BCUT2D eigenvalue weighted by molar-refractivity contribution is 5.79. The van der Waals surface area contributed by atoms with Crippen molar-refractivity contribution in [1.29, 1.82) is 0 Å². The zero-order valence-corrected chi connectivity index (χ0v) is 13.4. The maximum absolute atomic E-state index is 12.5. The van der Waals surface area contributed by atoms with Crippen LogP contribution in [0.15, 0.2) is 24.3 Å². The van der Waals surface area contributed by atoms with Crippen molar-refractivity contribution in [3.8, 4) is 5.75 Å². The topological polar surface area (TPSA) is 41.6 Å². The standard InChI is InChI=1S/C17H26N2O2/c1-12(2)21-16-8-6-5-7-15(16)9-17(20)19-10-13(3)18-14(4)11-19/h5-8,12-14,18H,9-11H2,1-4H3/t13-,14+. The van der Waals surface area contributed by atoms with Crippen molar-refractivity contribution in [2.75, 3.05) is 13.1 Å². The monoisotopic (exact) mass is 290 g/mol. The molecule has 1 fully saturated rings. The molecule has 2 rings (SSSR count). The summed E-state index contributed by atoms with van der Waals surface area (Å²) in [5, 5.41) is 3.45. The van der Waals surface area contributed by atoms with Crippen LogP contribution in [0.1, 0.15) is 33.3 Å². The first-order chi connectivity index (χ1) is 9.95. The molecular formula is C17H26N2O2. The van der Waals surface area contributed by atoms with Crippen molar-refractivity contribution in [3.63, 3.8) is 0 Å². The molecule has 1 amide bonds. The molecule has 0 aromatic heterocycles. The maximum Gasteiger partial charge on any atom is 0.227 e. The van der Waals surface area contributed by atoms with Crippen LogP contribution in [-0.4, -0.2) is 42.1 Å². The first kappa shape index (κ1) is 15.8. The van der Waals surface area contributed by atoms with Crippen LogP contribution < -0.4 is 10.1 Å². The Balaban J connectivity index is 2.05. The number of rotatable bonds is 4. The predicted molar refractivity (Wildman–Crippen MR) is 84.5 cm³/mol. The Kier molecular flexibility index (Phi) is 5.23. The number of ether oxygens (including phenoxy) is 1. The van der Waals surface area contributed by atoms with Gasteiger partial charge in [-0.3, -0.25) is 4.79 Å². The highest BCUT2D eigenvalue weighted by Gasteiger charge is 2.25. The molecule has 1 aliphatic heterocycles. The molecule has 0 unspecified atom stereocenters. The first-order valence-electron chi connectivity index (χ1n) is 7.74. The van der Waals surface area contributed by atoms with Crippen LogP contribution in [0.25, 0.3) is 0 Å². The van der Waals surface area contributed by atoms with E-state index in [-0.39, 0.29) is 12.0 Å². The van der Waals surface area contributed by atoms with Gasteiger partial charge in [0.2, 0.25) is 5.91 Å². The largest absolute Gasteiger partial charge is 0.491 e. The van der Waals surface area contributed by atoms with Crippen molar-refractivity contribution >= 4 is 5.91 Å². The molecule has 0 aliphatic carbocycles. The molecular weight excluding hydrogens is 264 g/mol. The number of para-hydroxylation sites is 1. The van der Waals surface area contributed by atoms with Crippen LogP contribution in [-0.2, 0) is 11.2 Å². The smallest absolute Gasteiger partial charge is 0.227 e. The molecule has 0 radical (unpaired) electrons. The minimum Gasteiger partial charge on any atom is -0.491 e. The Labute approximate surface area is 127 Å². The summed E-state index contributed by atoms with van der Waals surface area (Å²) in [5.41, 5.74) is 0.968. The molecule has 1 heterocycles. The number of piperazine rings is 1. The van der Waals surface area contributed by atoms with Crippen LogP contribution in [0.4, 0.5) is 0 Å². The fourth-order valence-electron chi connectivity index (χ4n) is 2.82. The Bertz CT molecular complexity index is 477. The second-order valence-corrected chi connectivity index (χ2v) is 6.22. The number of amides is 1. The number of carbonyl (C=O) groups is 1. The summed E-state index contributed by atoms with van der Waals surface area (Å²) in [4.78, 5) is 14.5. The maximum atomic E-state index is 12.5. The minimum absolute atomic E-state index is 0.112. The van der Waals surface area contributed by atoms with Crippen LogP contribution in [0, 0.1) is 0 Å². The van der Waals surface area contributed by atoms with Gasteiger partial charge in [0.15, 0.2) is 0 Å². The van der Waals surface area contributed by atoms with Crippen molar-refractivity contribution in [3.05, 3.63) is 29.8 Å². The van der Waals surface area contributed by atoms with E-state index in [1.54, 1.807) is 0 Å². The second kappa shape index (κ2) is 6.94. The Morgan fingerprint density at radius 1 is 1.29 bits per heavy atom. The Morgan fingerprint density at radius 2 is 1.90 bits per heavy atom. The van der Waals surface area contributed by atoms with Gasteiger partial charge in [0.1, 0.15) is 5.75 Å². The van der Waals surface area contributed by atoms with Gasteiger partial charge in [0.05, 0.1) is 12.5 Å². The summed E-state index contributed by atoms with van der Waals surface area (Å²) in [5.74, 6) is 0.993. The summed E-state index contributed by atoms with van der Waals surface area (Å²) >= 11 is 0. The van der Waals surface area contributed by atoms with E-state index in [1.807, 2.05) is 43.0 Å². The van der Waals surface area contributed by atoms with E-state index in [0.717, 1.165) is 24.4 Å². The lowest BCUT2D eigenvalue weighted by molar-refractivity contribution is -0.132. The molecule has 1 aromatic carbocycles. The van der Waals surface area contributed by atoms with Gasteiger partial charge in [-0.2, -0.15) is 0 Å². The van der Waals surface area contributed by atoms with Crippen LogP contribution in [0.3, 0.4) is 0 Å². The van der Waals surface area contributed by atoms with Gasteiger partial charge in [-0.25, -0.2) is 0 Å². The lowest BCUT2D eigenvalue weighted by atomic mass is 10.1. The van der Waals surface area contributed by atoms with Crippen molar-refractivity contribution in [1.82, 2.24) is 10.2 Å². The summed E-state index contributed by atoms with van der Waals surface area (Å²) < 4.78 is 5.79. The SMILES string of the molecule is CC(C)Oc1ccccc1CC(=O)N1C[C@@H](C)N[C@@H](C)C1. The lowest BCUT2D eigenvalue weighted by Gasteiger charge is -2.36. The van der Waals surface area contributed by atoms with Crippen molar-refractivity contribution < 1.29 is 9.53 Å². The van der Waals surface area contributed by atoms with E-state index in [9.17, 15) is 4.79 Å². The van der Waals surface area contributed by atoms with Crippen molar-refractivity contribution in [2.45, 2.75) is 52.3 Å². The third kappa shape index (κ3) is 4.46. The van der Waals surface area contributed by atoms with E-state index in [4.69, 9.17) is 4.74 Å². The van der Waals surface area contributed by atoms with Crippen LogP contribution in [0.2, 0.25) is 0 Å². The molecule has 4 nitrogen and oxygen atoms in total. The molecule has 116 valence electrons. The first-order valence-corrected chi connectivity index (χ1v) is 7.74. The van der Waals surface area contributed by atoms with Crippen molar-refractivity contribution in [2.24, 2.45) is 0 Å². The number of hydrogen-bond donors (Lipinski definition) is 1. The molecule has 0 bridgehead atoms. The summed E-state index contributed by atoms with van der Waals surface area (Å²) in [7, 11) is 0. The molecule has 1 aliphatic rings.